The molecule has 2 aromatic carbocycles. The molecule has 0 N–H and O–H groups in total. The van der Waals surface area contributed by atoms with Gasteiger partial charge in [-0.3, -0.25) is 0 Å². The molecule has 0 aromatic heterocycles. The maximum atomic E-state index is 12.0. The van der Waals surface area contributed by atoms with E-state index in [1.54, 1.807) is 36.4 Å². The number of benzene rings is 2. The molecule has 0 saturated heterocycles. The number of unbranched alkanes of at least 4 members (excludes halogenated alkanes) is 3. The third kappa shape index (κ3) is 5.24. The third-order valence-corrected chi connectivity index (χ3v) is 3.31. The number of carbonyl (C=O) groups excluding carboxylic acids is 1. The molecule has 0 unspecified atom stereocenters. The van der Waals surface area contributed by atoms with Gasteiger partial charge in [-0.15, -0.1) is 0 Å². The highest BCUT2D eigenvalue weighted by Crippen LogP contribution is 2.16. The Kier molecular flexibility index (Phi) is 6.49. The lowest BCUT2D eigenvalue weighted by Gasteiger charge is -2.07. The number of rotatable bonds is 8. The zero-order chi connectivity index (χ0) is 15.6. The van der Waals surface area contributed by atoms with Crippen molar-refractivity contribution < 1.29 is 14.3 Å². The number of para-hydroxylation sites is 1. The third-order valence-electron chi connectivity index (χ3n) is 3.31. The van der Waals surface area contributed by atoms with Crippen molar-refractivity contribution in [3.05, 3.63) is 60.2 Å². The zero-order valence-corrected chi connectivity index (χ0v) is 13.0. The molecular formula is C19H22O3. The summed E-state index contributed by atoms with van der Waals surface area (Å²) in [6, 6.07) is 16.1. The Balaban J connectivity index is 1.82. The summed E-state index contributed by atoms with van der Waals surface area (Å²) in [5.41, 5.74) is 0.516. The van der Waals surface area contributed by atoms with Crippen molar-refractivity contribution in [3.63, 3.8) is 0 Å². The predicted octanol–water partition coefficient (Wildman–Crippen LogP) is 4.86. The monoisotopic (exact) mass is 298 g/mol. The molecule has 0 aliphatic heterocycles. The maximum Gasteiger partial charge on any atom is 0.343 e. The van der Waals surface area contributed by atoms with Crippen LogP contribution in [0.2, 0.25) is 0 Å². The summed E-state index contributed by atoms with van der Waals surface area (Å²) >= 11 is 0. The molecule has 0 radical (unpaired) electrons. The summed E-state index contributed by atoms with van der Waals surface area (Å²) < 4.78 is 10.9. The van der Waals surface area contributed by atoms with E-state index in [-0.39, 0.29) is 5.97 Å². The molecule has 0 atom stereocenters. The van der Waals surface area contributed by atoms with Crippen LogP contribution >= 0.6 is 0 Å². The standard InChI is InChI=1S/C19H22O3/c1-2-3-4-8-15-21-17-13-11-16(12-14-17)19(20)22-18-9-6-5-7-10-18/h5-7,9-14H,2-4,8,15H2,1H3. The molecule has 0 fully saturated rings. The van der Waals surface area contributed by atoms with Gasteiger partial charge in [0.15, 0.2) is 0 Å². The smallest absolute Gasteiger partial charge is 0.343 e. The lowest BCUT2D eigenvalue weighted by Crippen LogP contribution is -2.08. The second-order valence-corrected chi connectivity index (χ2v) is 5.14. The van der Waals surface area contributed by atoms with Gasteiger partial charge in [-0.2, -0.15) is 0 Å². The van der Waals surface area contributed by atoms with Crippen molar-refractivity contribution in [1.29, 1.82) is 0 Å². The number of esters is 1. The summed E-state index contributed by atoms with van der Waals surface area (Å²) in [5, 5.41) is 0. The Hall–Kier alpha value is -2.29. The van der Waals surface area contributed by atoms with Crippen molar-refractivity contribution in [1.82, 2.24) is 0 Å². The number of hydrogen-bond acceptors (Lipinski definition) is 3. The summed E-state index contributed by atoms with van der Waals surface area (Å²) in [6.07, 6.45) is 4.72. The highest BCUT2D eigenvalue weighted by molar-refractivity contribution is 5.91. The van der Waals surface area contributed by atoms with Gasteiger partial charge in [0, 0.05) is 0 Å². The van der Waals surface area contributed by atoms with E-state index in [0.717, 1.165) is 12.2 Å². The SMILES string of the molecule is CCCCCCOc1ccc(C(=O)Oc2ccccc2)cc1. The molecule has 3 nitrogen and oxygen atoms in total. The van der Waals surface area contributed by atoms with Crippen LogP contribution in [0.15, 0.2) is 54.6 Å². The second kappa shape index (κ2) is 8.88. The van der Waals surface area contributed by atoms with Crippen LogP contribution in [-0.2, 0) is 0 Å². The summed E-state index contributed by atoms with van der Waals surface area (Å²) in [7, 11) is 0. The first-order valence-electron chi connectivity index (χ1n) is 7.79. The molecule has 2 aromatic rings. The molecule has 0 spiro atoms. The maximum absolute atomic E-state index is 12.0. The van der Waals surface area contributed by atoms with Gasteiger partial charge in [0.2, 0.25) is 0 Å². The lowest BCUT2D eigenvalue weighted by molar-refractivity contribution is 0.0734. The van der Waals surface area contributed by atoms with Gasteiger partial charge in [-0.25, -0.2) is 4.79 Å². The largest absolute Gasteiger partial charge is 0.494 e. The van der Waals surface area contributed by atoms with E-state index >= 15 is 0 Å². The first-order valence-corrected chi connectivity index (χ1v) is 7.79. The molecule has 0 aliphatic rings. The van der Waals surface area contributed by atoms with Crippen LogP contribution in [-0.4, -0.2) is 12.6 Å². The van der Waals surface area contributed by atoms with Gasteiger partial charge in [-0.05, 0) is 42.8 Å². The molecule has 0 saturated carbocycles. The van der Waals surface area contributed by atoms with E-state index < -0.39 is 0 Å². The first-order chi connectivity index (χ1) is 10.8. The van der Waals surface area contributed by atoms with Crippen molar-refractivity contribution in [2.24, 2.45) is 0 Å². The Morgan fingerprint density at radius 3 is 2.27 bits per heavy atom. The minimum Gasteiger partial charge on any atom is -0.494 e. The molecule has 2 rings (SSSR count). The van der Waals surface area contributed by atoms with Crippen LogP contribution in [0.25, 0.3) is 0 Å². The molecule has 0 amide bonds. The minimum absolute atomic E-state index is 0.360. The van der Waals surface area contributed by atoms with Gasteiger partial charge in [0.25, 0.3) is 0 Å². The summed E-state index contributed by atoms with van der Waals surface area (Å²) in [6.45, 7) is 2.90. The Morgan fingerprint density at radius 1 is 0.864 bits per heavy atom. The molecule has 0 heterocycles. The average Bonchev–Trinajstić information content (AvgIpc) is 2.56. The fraction of sp³-hybridized carbons (Fsp3) is 0.316. The first kappa shape index (κ1) is 16.1. The van der Waals surface area contributed by atoms with Gasteiger partial charge in [0.05, 0.1) is 12.2 Å². The molecule has 0 bridgehead atoms. The van der Waals surface area contributed by atoms with Gasteiger partial charge < -0.3 is 9.47 Å². The number of ether oxygens (including phenoxy) is 2. The fourth-order valence-corrected chi connectivity index (χ4v) is 2.06. The van der Waals surface area contributed by atoms with E-state index in [0.29, 0.717) is 17.9 Å². The highest BCUT2D eigenvalue weighted by atomic mass is 16.5. The van der Waals surface area contributed by atoms with Gasteiger partial charge in [0.1, 0.15) is 11.5 Å². The van der Waals surface area contributed by atoms with Crippen molar-refractivity contribution in [3.8, 4) is 11.5 Å². The summed E-state index contributed by atoms with van der Waals surface area (Å²) in [5.74, 6) is 0.970. The van der Waals surface area contributed by atoms with Crippen molar-refractivity contribution in [2.45, 2.75) is 32.6 Å². The van der Waals surface area contributed by atoms with E-state index in [9.17, 15) is 4.79 Å². The van der Waals surface area contributed by atoms with Crippen LogP contribution in [0.3, 0.4) is 0 Å². The van der Waals surface area contributed by atoms with Crippen LogP contribution in [0, 0.1) is 0 Å². The normalized spacial score (nSPS) is 10.2. The van der Waals surface area contributed by atoms with E-state index in [1.807, 2.05) is 18.2 Å². The predicted molar refractivity (Wildman–Crippen MR) is 87.5 cm³/mol. The van der Waals surface area contributed by atoms with Crippen LogP contribution in [0.1, 0.15) is 43.0 Å². The Bertz CT molecular complexity index is 561. The summed E-state index contributed by atoms with van der Waals surface area (Å²) in [4.78, 5) is 12.0. The van der Waals surface area contributed by atoms with Crippen molar-refractivity contribution >= 4 is 5.97 Å². The Morgan fingerprint density at radius 2 is 1.59 bits per heavy atom. The van der Waals surface area contributed by atoms with E-state index in [2.05, 4.69) is 6.92 Å². The highest BCUT2D eigenvalue weighted by Gasteiger charge is 2.08. The fourth-order valence-electron chi connectivity index (χ4n) is 2.06. The second-order valence-electron chi connectivity index (χ2n) is 5.14. The van der Waals surface area contributed by atoms with Crippen LogP contribution in [0.4, 0.5) is 0 Å². The van der Waals surface area contributed by atoms with Crippen molar-refractivity contribution in [2.75, 3.05) is 6.61 Å². The average molecular weight is 298 g/mol. The quantitative estimate of drug-likeness (QED) is 0.396. The lowest BCUT2D eigenvalue weighted by atomic mass is 10.2. The van der Waals surface area contributed by atoms with Gasteiger partial charge >= 0.3 is 5.97 Å². The molecular weight excluding hydrogens is 276 g/mol. The number of carbonyl (C=O) groups is 1. The van der Waals surface area contributed by atoms with Gasteiger partial charge in [-0.1, -0.05) is 44.4 Å². The van der Waals surface area contributed by atoms with Crippen LogP contribution < -0.4 is 9.47 Å². The molecule has 3 heteroatoms. The topological polar surface area (TPSA) is 35.5 Å². The molecule has 0 aliphatic carbocycles. The Labute approximate surface area is 131 Å². The molecule has 22 heavy (non-hydrogen) atoms. The zero-order valence-electron chi connectivity index (χ0n) is 13.0. The van der Waals surface area contributed by atoms with Crippen LogP contribution in [0.5, 0.6) is 11.5 Å². The van der Waals surface area contributed by atoms with E-state index in [4.69, 9.17) is 9.47 Å². The minimum atomic E-state index is -0.360. The molecule has 116 valence electrons. The van der Waals surface area contributed by atoms with E-state index in [1.165, 1.54) is 19.3 Å². The number of hydrogen-bond donors (Lipinski definition) is 0.